The minimum Gasteiger partial charge on any atom is -1.00 e. The predicted molar refractivity (Wildman–Crippen MR) is 105 cm³/mol. The van der Waals surface area contributed by atoms with Gasteiger partial charge in [-0.3, -0.25) is 0 Å². The van der Waals surface area contributed by atoms with E-state index in [1.807, 2.05) is 69.3 Å². The Kier molecular flexibility index (Phi) is 7.95. The Morgan fingerprint density at radius 3 is 2.55 bits per heavy atom. The molecule has 0 unspecified atom stereocenters. The first-order chi connectivity index (χ1) is 13.5. The van der Waals surface area contributed by atoms with Gasteiger partial charge in [-0.25, -0.2) is 0 Å². The fourth-order valence-electron chi connectivity index (χ4n) is 2.48. The van der Waals surface area contributed by atoms with Crippen LogP contribution in [0, 0.1) is 0 Å². The van der Waals surface area contributed by atoms with Gasteiger partial charge in [0, 0.05) is 12.1 Å². The Hall–Kier alpha value is -2.68. The van der Waals surface area contributed by atoms with E-state index in [0.717, 1.165) is 11.3 Å². The van der Waals surface area contributed by atoms with Crippen molar-refractivity contribution in [2.75, 3.05) is 13.2 Å². The van der Waals surface area contributed by atoms with Crippen LogP contribution >= 0.6 is 0 Å². The third kappa shape index (κ3) is 5.90. The Bertz CT molecular complexity index is 902. The molecule has 0 radical (unpaired) electrons. The van der Waals surface area contributed by atoms with Crippen molar-refractivity contribution in [2.24, 2.45) is 0 Å². The molecule has 2 N–H and O–H groups in total. The molecule has 29 heavy (non-hydrogen) atoms. The summed E-state index contributed by atoms with van der Waals surface area (Å²) in [5, 5.41) is 24.4. The standard InChI is InChI=1S/C20H25N5O3.ClH/c1-4-27-18-12-15(13-21-20(2,3)14-26)10-11-17(18)28-19-22-23-24-25(19)16-8-6-5-7-9-16;/h5-12,21,26H,4,13-14H2,1-3H3;1H/p-1. The highest BCUT2D eigenvalue weighted by atomic mass is 35.5. The van der Waals surface area contributed by atoms with Crippen LogP contribution in [-0.2, 0) is 6.54 Å². The van der Waals surface area contributed by atoms with Crippen LogP contribution in [0.15, 0.2) is 48.5 Å². The second kappa shape index (κ2) is 10.2. The molecule has 2 aromatic carbocycles. The van der Waals surface area contributed by atoms with E-state index in [1.165, 1.54) is 4.68 Å². The number of para-hydroxylation sites is 1. The molecule has 3 aromatic rings. The van der Waals surface area contributed by atoms with Gasteiger partial charge in [0.05, 0.1) is 18.9 Å². The smallest absolute Gasteiger partial charge is 0.346 e. The first-order valence-electron chi connectivity index (χ1n) is 9.15. The van der Waals surface area contributed by atoms with Crippen molar-refractivity contribution >= 4 is 0 Å². The highest BCUT2D eigenvalue weighted by molar-refractivity contribution is 5.45. The van der Waals surface area contributed by atoms with Gasteiger partial charge in [-0.2, -0.15) is 4.68 Å². The van der Waals surface area contributed by atoms with Gasteiger partial charge in [0.1, 0.15) is 0 Å². The molecule has 0 saturated carbocycles. The van der Waals surface area contributed by atoms with Gasteiger partial charge in [0.2, 0.25) is 0 Å². The number of halogens is 1. The lowest BCUT2D eigenvalue weighted by Gasteiger charge is -2.23. The highest BCUT2D eigenvalue weighted by Gasteiger charge is 2.17. The van der Waals surface area contributed by atoms with Crippen molar-refractivity contribution in [3.05, 3.63) is 54.1 Å². The van der Waals surface area contributed by atoms with Crippen LogP contribution in [0.2, 0.25) is 0 Å². The van der Waals surface area contributed by atoms with Gasteiger partial charge in [-0.05, 0) is 61.0 Å². The number of hydrogen-bond donors (Lipinski definition) is 2. The number of aromatic nitrogens is 4. The molecule has 0 spiro atoms. The van der Waals surface area contributed by atoms with Crippen LogP contribution in [0.1, 0.15) is 26.3 Å². The highest BCUT2D eigenvalue weighted by Crippen LogP contribution is 2.32. The average Bonchev–Trinajstić information content (AvgIpc) is 3.17. The minimum absolute atomic E-state index is 0. The SMILES string of the molecule is CCOc1cc(CNC(C)(C)CO)ccc1Oc1nnnn1-c1ccccc1.[Cl-]. The second-order valence-electron chi connectivity index (χ2n) is 6.92. The van der Waals surface area contributed by atoms with Crippen LogP contribution in [0.4, 0.5) is 0 Å². The molecule has 0 atom stereocenters. The molecule has 9 heteroatoms. The van der Waals surface area contributed by atoms with Gasteiger partial charge >= 0.3 is 6.01 Å². The summed E-state index contributed by atoms with van der Waals surface area (Å²) in [6.45, 7) is 6.94. The maximum Gasteiger partial charge on any atom is 0.346 e. The fraction of sp³-hybridized carbons (Fsp3) is 0.350. The Morgan fingerprint density at radius 2 is 1.86 bits per heavy atom. The summed E-state index contributed by atoms with van der Waals surface area (Å²) < 4.78 is 13.2. The van der Waals surface area contributed by atoms with E-state index in [-0.39, 0.29) is 30.6 Å². The normalized spacial score (nSPS) is 11.0. The molecule has 0 aliphatic rings. The zero-order valence-electron chi connectivity index (χ0n) is 16.7. The summed E-state index contributed by atoms with van der Waals surface area (Å²) in [7, 11) is 0. The lowest BCUT2D eigenvalue weighted by molar-refractivity contribution is -0.00000794. The van der Waals surface area contributed by atoms with Crippen molar-refractivity contribution in [3.63, 3.8) is 0 Å². The molecule has 8 nitrogen and oxygen atoms in total. The van der Waals surface area contributed by atoms with Crippen molar-refractivity contribution in [2.45, 2.75) is 32.9 Å². The summed E-state index contributed by atoms with van der Waals surface area (Å²) in [5.74, 6) is 1.13. The van der Waals surface area contributed by atoms with Crippen LogP contribution in [0.5, 0.6) is 17.5 Å². The molecule has 0 aliphatic carbocycles. The van der Waals surface area contributed by atoms with Crippen LogP contribution in [-0.4, -0.2) is 44.1 Å². The second-order valence-corrected chi connectivity index (χ2v) is 6.92. The number of ether oxygens (including phenoxy) is 2. The van der Waals surface area contributed by atoms with Crippen molar-refractivity contribution in [1.82, 2.24) is 25.5 Å². The van der Waals surface area contributed by atoms with Crippen LogP contribution < -0.4 is 27.2 Å². The van der Waals surface area contributed by atoms with Gasteiger partial charge in [0.25, 0.3) is 0 Å². The molecule has 0 bridgehead atoms. The zero-order chi connectivity index (χ0) is 20.0. The third-order valence-electron chi connectivity index (χ3n) is 4.12. The Morgan fingerprint density at radius 1 is 1.10 bits per heavy atom. The number of nitrogens with one attached hydrogen (secondary N) is 1. The lowest BCUT2D eigenvalue weighted by Crippen LogP contribution is -3.00. The van der Waals surface area contributed by atoms with Crippen LogP contribution in [0.3, 0.4) is 0 Å². The van der Waals surface area contributed by atoms with E-state index in [2.05, 4.69) is 20.8 Å². The first-order valence-corrected chi connectivity index (χ1v) is 9.15. The number of hydrogen-bond acceptors (Lipinski definition) is 7. The summed E-state index contributed by atoms with van der Waals surface area (Å²) in [6, 6.07) is 15.5. The molecule has 0 aliphatic heterocycles. The van der Waals surface area contributed by atoms with Crippen molar-refractivity contribution in [3.8, 4) is 23.2 Å². The van der Waals surface area contributed by atoms with E-state index in [9.17, 15) is 5.11 Å². The number of tetrazole rings is 1. The minimum atomic E-state index is -0.362. The largest absolute Gasteiger partial charge is 1.00 e. The summed E-state index contributed by atoms with van der Waals surface area (Å²) in [4.78, 5) is 0. The van der Waals surface area contributed by atoms with Gasteiger partial charge < -0.3 is 32.3 Å². The first kappa shape index (κ1) is 22.6. The molecule has 0 fully saturated rings. The quantitative estimate of drug-likeness (QED) is 0.493. The summed E-state index contributed by atoms with van der Waals surface area (Å²) >= 11 is 0. The number of rotatable bonds is 9. The summed E-state index contributed by atoms with van der Waals surface area (Å²) in [5.41, 5.74) is 1.45. The molecular formula is C20H25ClN5O3-. The van der Waals surface area contributed by atoms with E-state index in [1.54, 1.807) is 0 Å². The fourth-order valence-corrected chi connectivity index (χ4v) is 2.48. The number of nitrogens with zero attached hydrogens (tertiary/aromatic N) is 4. The molecule has 0 saturated heterocycles. The maximum atomic E-state index is 9.39. The lowest BCUT2D eigenvalue weighted by atomic mass is 10.1. The van der Waals surface area contributed by atoms with Gasteiger partial charge in [-0.15, -0.1) is 0 Å². The zero-order valence-corrected chi connectivity index (χ0v) is 17.4. The number of benzene rings is 2. The predicted octanol–water partition coefficient (Wildman–Crippen LogP) is -0.282. The number of aliphatic hydroxyl groups is 1. The maximum absolute atomic E-state index is 9.39. The summed E-state index contributed by atoms with van der Waals surface area (Å²) in [6.07, 6.45) is 0. The van der Waals surface area contributed by atoms with Gasteiger partial charge in [-0.1, -0.05) is 29.4 Å². The molecule has 1 heterocycles. The number of aliphatic hydroxyl groups excluding tert-OH is 1. The topological polar surface area (TPSA) is 94.3 Å². The molecule has 1 aromatic heterocycles. The molecular weight excluding hydrogens is 394 g/mol. The molecule has 0 amide bonds. The monoisotopic (exact) mass is 418 g/mol. The third-order valence-corrected chi connectivity index (χ3v) is 4.12. The molecule has 156 valence electrons. The van der Waals surface area contributed by atoms with E-state index in [4.69, 9.17) is 9.47 Å². The molecule has 3 rings (SSSR count). The van der Waals surface area contributed by atoms with Crippen molar-refractivity contribution < 1.29 is 27.0 Å². The van der Waals surface area contributed by atoms with Crippen LogP contribution in [0.25, 0.3) is 5.69 Å². The van der Waals surface area contributed by atoms with E-state index in [0.29, 0.717) is 24.7 Å². The Labute approximate surface area is 176 Å². The Balaban J connectivity index is 0.00000300. The van der Waals surface area contributed by atoms with Gasteiger partial charge in [0.15, 0.2) is 11.5 Å². The van der Waals surface area contributed by atoms with E-state index >= 15 is 0 Å². The average molecular weight is 419 g/mol. The van der Waals surface area contributed by atoms with E-state index < -0.39 is 0 Å². The van der Waals surface area contributed by atoms with Crippen molar-refractivity contribution in [1.29, 1.82) is 0 Å².